The van der Waals surface area contributed by atoms with Crippen LogP contribution in [0.3, 0.4) is 0 Å². The molecule has 2 rings (SSSR count). The number of ether oxygens (including phenoxy) is 1. The van der Waals surface area contributed by atoms with E-state index in [0.29, 0.717) is 0 Å². The summed E-state index contributed by atoms with van der Waals surface area (Å²) in [7, 11) is 1.78. The van der Waals surface area contributed by atoms with Crippen molar-refractivity contribution in [3.8, 4) is 0 Å². The monoisotopic (exact) mass is 289 g/mol. The molecule has 3 nitrogen and oxygen atoms in total. The van der Waals surface area contributed by atoms with Crippen LogP contribution in [0.25, 0.3) is 11.0 Å². The van der Waals surface area contributed by atoms with Gasteiger partial charge in [0.05, 0.1) is 12.1 Å². The zero-order valence-corrected chi connectivity index (χ0v) is 13.8. The Labute approximate surface area is 127 Å². The summed E-state index contributed by atoms with van der Waals surface area (Å²) < 4.78 is 11.9. The molecule has 3 heteroatoms. The fourth-order valence-corrected chi connectivity index (χ4v) is 2.80. The summed E-state index contributed by atoms with van der Waals surface area (Å²) in [5, 5.41) is 4.72. The van der Waals surface area contributed by atoms with Gasteiger partial charge in [-0.3, -0.25) is 0 Å². The highest BCUT2D eigenvalue weighted by Crippen LogP contribution is 2.34. The minimum atomic E-state index is 0.0269. The number of hydrogen-bond acceptors (Lipinski definition) is 3. The van der Waals surface area contributed by atoms with Crippen LogP contribution in [-0.4, -0.2) is 19.8 Å². The van der Waals surface area contributed by atoms with Crippen molar-refractivity contribution in [2.75, 3.05) is 13.7 Å². The number of para-hydroxylation sites is 1. The Kier molecular flexibility index (Phi) is 5.07. The molecule has 21 heavy (non-hydrogen) atoms. The minimum Gasteiger partial charge on any atom is -0.459 e. The van der Waals surface area contributed by atoms with E-state index in [1.807, 2.05) is 18.2 Å². The van der Waals surface area contributed by atoms with Crippen molar-refractivity contribution in [2.24, 2.45) is 5.41 Å². The largest absolute Gasteiger partial charge is 0.459 e. The molecular weight excluding hydrogens is 262 g/mol. The molecule has 0 amide bonds. The summed E-state index contributed by atoms with van der Waals surface area (Å²) in [5.41, 5.74) is 0.957. The fraction of sp³-hybridized carbons (Fsp3) is 0.556. The van der Waals surface area contributed by atoms with Gasteiger partial charge >= 0.3 is 0 Å². The first-order valence-electron chi connectivity index (χ1n) is 7.72. The molecule has 2 unspecified atom stereocenters. The minimum absolute atomic E-state index is 0.0269. The van der Waals surface area contributed by atoms with Crippen molar-refractivity contribution in [1.29, 1.82) is 0 Å². The van der Waals surface area contributed by atoms with Crippen LogP contribution < -0.4 is 5.32 Å². The summed E-state index contributed by atoms with van der Waals surface area (Å²) in [6.45, 7) is 9.71. The predicted molar refractivity (Wildman–Crippen MR) is 87.5 cm³/mol. The maximum Gasteiger partial charge on any atom is 0.134 e. The molecule has 0 aliphatic carbocycles. The van der Waals surface area contributed by atoms with Crippen molar-refractivity contribution in [1.82, 2.24) is 5.32 Å². The molecule has 0 fully saturated rings. The van der Waals surface area contributed by atoms with E-state index in [0.717, 1.165) is 29.7 Å². The van der Waals surface area contributed by atoms with Crippen LogP contribution >= 0.6 is 0 Å². The average molecular weight is 289 g/mol. The maximum atomic E-state index is 6.06. The lowest BCUT2D eigenvalue weighted by atomic mass is 9.83. The van der Waals surface area contributed by atoms with Crippen LogP contribution in [0, 0.1) is 5.41 Å². The average Bonchev–Trinajstić information content (AvgIpc) is 2.85. The first-order chi connectivity index (χ1) is 9.97. The van der Waals surface area contributed by atoms with Crippen molar-refractivity contribution in [3.05, 3.63) is 36.1 Å². The molecular formula is C18H27NO2. The van der Waals surface area contributed by atoms with E-state index in [1.165, 1.54) is 0 Å². The van der Waals surface area contributed by atoms with Gasteiger partial charge in [0.2, 0.25) is 0 Å². The van der Waals surface area contributed by atoms with Crippen LogP contribution in [0.4, 0.5) is 0 Å². The number of benzene rings is 1. The van der Waals surface area contributed by atoms with Crippen molar-refractivity contribution in [3.63, 3.8) is 0 Å². The lowest BCUT2D eigenvalue weighted by Gasteiger charge is -2.35. The van der Waals surface area contributed by atoms with E-state index in [2.05, 4.69) is 45.1 Å². The Bertz CT molecular complexity index is 535. The number of nitrogens with one attached hydrogen (secondary N) is 1. The second-order valence-electron chi connectivity index (χ2n) is 6.64. The highest BCUT2D eigenvalue weighted by atomic mass is 16.5. The van der Waals surface area contributed by atoms with Gasteiger partial charge in [0.15, 0.2) is 0 Å². The number of methoxy groups -OCH3 is 1. The summed E-state index contributed by atoms with van der Waals surface area (Å²) in [4.78, 5) is 0. The van der Waals surface area contributed by atoms with Crippen LogP contribution in [0.2, 0.25) is 0 Å². The third kappa shape index (κ3) is 3.66. The summed E-state index contributed by atoms with van der Waals surface area (Å²) in [6, 6.07) is 10.3. The number of furan rings is 1. The van der Waals surface area contributed by atoms with Crippen LogP contribution in [0.5, 0.6) is 0 Å². The lowest BCUT2D eigenvalue weighted by Crippen LogP contribution is -2.41. The summed E-state index contributed by atoms with van der Waals surface area (Å²) in [5.74, 6) is 0.950. The van der Waals surface area contributed by atoms with E-state index in [4.69, 9.17) is 9.15 Å². The molecule has 0 spiro atoms. The molecule has 116 valence electrons. The SMILES string of the molecule is CCCNC(c1cc2ccccc2o1)C(OC)C(C)(C)C. The van der Waals surface area contributed by atoms with E-state index in [9.17, 15) is 0 Å². The Morgan fingerprint density at radius 2 is 1.95 bits per heavy atom. The normalized spacial score (nSPS) is 15.3. The summed E-state index contributed by atoms with van der Waals surface area (Å²) in [6.07, 6.45) is 1.13. The van der Waals surface area contributed by atoms with E-state index >= 15 is 0 Å². The van der Waals surface area contributed by atoms with Crippen LogP contribution in [0.15, 0.2) is 34.7 Å². The fourth-order valence-electron chi connectivity index (χ4n) is 2.80. The standard InChI is InChI=1S/C18H27NO2/c1-6-11-19-16(17(20-5)18(2,3)4)15-12-13-9-7-8-10-14(13)21-15/h7-10,12,16-17,19H,6,11H2,1-5H3. The molecule has 0 bridgehead atoms. The highest BCUT2D eigenvalue weighted by molar-refractivity contribution is 5.77. The maximum absolute atomic E-state index is 6.06. The first kappa shape index (κ1) is 16.1. The third-order valence-corrected chi connectivity index (χ3v) is 3.78. The molecule has 2 atom stereocenters. The Hall–Kier alpha value is -1.32. The van der Waals surface area contributed by atoms with Gasteiger partial charge < -0.3 is 14.5 Å². The quantitative estimate of drug-likeness (QED) is 0.848. The Balaban J connectivity index is 2.38. The van der Waals surface area contributed by atoms with Crippen molar-refractivity contribution < 1.29 is 9.15 Å². The topological polar surface area (TPSA) is 34.4 Å². The van der Waals surface area contributed by atoms with Crippen LogP contribution in [-0.2, 0) is 4.74 Å². The molecule has 1 heterocycles. The highest BCUT2D eigenvalue weighted by Gasteiger charge is 2.35. The predicted octanol–water partition coefficient (Wildman–Crippen LogP) is 4.53. The van der Waals surface area contributed by atoms with Crippen molar-refractivity contribution in [2.45, 2.75) is 46.3 Å². The summed E-state index contributed by atoms with van der Waals surface area (Å²) >= 11 is 0. The second-order valence-corrected chi connectivity index (χ2v) is 6.64. The second kappa shape index (κ2) is 6.63. The van der Waals surface area contributed by atoms with Gasteiger partial charge in [0.25, 0.3) is 0 Å². The molecule has 1 aromatic heterocycles. The molecule has 0 aliphatic rings. The molecule has 1 N–H and O–H groups in total. The van der Waals surface area contributed by atoms with Gasteiger partial charge in [0, 0.05) is 12.5 Å². The molecule has 0 radical (unpaired) electrons. The van der Waals surface area contributed by atoms with Crippen molar-refractivity contribution >= 4 is 11.0 Å². The van der Waals surface area contributed by atoms with Gasteiger partial charge in [-0.2, -0.15) is 0 Å². The molecule has 0 aliphatic heterocycles. The number of hydrogen-bond donors (Lipinski definition) is 1. The lowest BCUT2D eigenvalue weighted by molar-refractivity contribution is -0.0166. The van der Waals surface area contributed by atoms with Gasteiger partial charge in [-0.05, 0) is 30.5 Å². The number of rotatable bonds is 6. The smallest absolute Gasteiger partial charge is 0.134 e. The Morgan fingerprint density at radius 1 is 1.24 bits per heavy atom. The molecule has 0 saturated carbocycles. The Morgan fingerprint density at radius 3 is 2.52 bits per heavy atom. The number of fused-ring (bicyclic) bond motifs is 1. The van der Waals surface area contributed by atoms with E-state index < -0.39 is 0 Å². The van der Waals surface area contributed by atoms with Gasteiger partial charge in [-0.25, -0.2) is 0 Å². The third-order valence-electron chi connectivity index (χ3n) is 3.78. The molecule has 1 aromatic carbocycles. The molecule has 2 aromatic rings. The molecule has 0 saturated heterocycles. The van der Waals surface area contributed by atoms with Crippen LogP contribution in [0.1, 0.15) is 45.9 Å². The van der Waals surface area contributed by atoms with E-state index in [1.54, 1.807) is 7.11 Å². The first-order valence-corrected chi connectivity index (χ1v) is 7.72. The van der Waals surface area contributed by atoms with E-state index in [-0.39, 0.29) is 17.6 Å². The van der Waals surface area contributed by atoms with Gasteiger partial charge in [-0.1, -0.05) is 45.9 Å². The zero-order valence-electron chi connectivity index (χ0n) is 13.8. The zero-order chi connectivity index (χ0) is 15.5. The van der Waals surface area contributed by atoms with Gasteiger partial charge in [-0.15, -0.1) is 0 Å². The van der Waals surface area contributed by atoms with Gasteiger partial charge in [0.1, 0.15) is 11.3 Å².